The number of anilines is 1. The van der Waals surface area contributed by atoms with Gasteiger partial charge < -0.3 is 9.80 Å². The molecule has 0 aromatic carbocycles. The van der Waals surface area contributed by atoms with Crippen LogP contribution in [0.4, 0.5) is 5.82 Å². The van der Waals surface area contributed by atoms with Crippen molar-refractivity contribution < 1.29 is 4.79 Å². The number of fused-ring (bicyclic) bond motifs is 1. The van der Waals surface area contributed by atoms with E-state index in [4.69, 9.17) is 9.97 Å². The summed E-state index contributed by atoms with van der Waals surface area (Å²) in [5.41, 5.74) is 2.47. The smallest absolute Gasteiger partial charge is 0.237 e. The maximum Gasteiger partial charge on any atom is 0.237 e. The summed E-state index contributed by atoms with van der Waals surface area (Å²) in [5.74, 6) is 3.18. The van der Waals surface area contributed by atoms with Gasteiger partial charge in [-0.15, -0.1) is 0 Å². The number of aryl methyl sites for hydroxylation is 1. The van der Waals surface area contributed by atoms with E-state index in [0.717, 1.165) is 75.8 Å². The highest BCUT2D eigenvalue weighted by Crippen LogP contribution is 2.36. The quantitative estimate of drug-likeness (QED) is 0.764. The minimum absolute atomic E-state index is 0.0487. The third-order valence-corrected chi connectivity index (χ3v) is 7.22. The number of aromatic nitrogens is 2. The number of hydrogen-bond donors (Lipinski definition) is 0. The zero-order valence-electron chi connectivity index (χ0n) is 17.9. The Hall–Kier alpha value is -1.69. The molecule has 1 atom stereocenters. The van der Waals surface area contributed by atoms with E-state index in [1.807, 2.05) is 0 Å². The molecule has 1 saturated carbocycles. The molecule has 0 bridgehead atoms. The molecular weight excluding hydrogens is 362 g/mol. The van der Waals surface area contributed by atoms with Crippen molar-refractivity contribution in [3.8, 4) is 0 Å². The fourth-order valence-electron chi connectivity index (χ4n) is 5.37. The zero-order valence-corrected chi connectivity index (χ0v) is 17.9. The number of rotatable bonds is 5. The Labute approximate surface area is 174 Å². The summed E-state index contributed by atoms with van der Waals surface area (Å²) in [4.78, 5) is 30.2. The second-order valence-corrected chi connectivity index (χ2v) is 9.54. The van der Waals surface area contributed by atoms with Gasteiger partial charge in [0.1, 0.15) is 5.82 Å². The molecule has 1 aliphatic carbocycles. The van der Waals surface area contributed by atoms with Gasteiger partial charge in [0.2, 0.25) is 5.91 Å². The van der Waals surface area contributed by atoms with Gasteiger partial charge in [0.25, 0.3) is 0 Å². The van der Waals surface area contributed by atoms with Gasteiger partial charge in [0.05, 0.1) is 12.6 Å². The van der Waals surface area contributed by atoms with E-state index < -0.39 is 0 Å². The second-order valence-electron chi connectivity index (χ2n) is 9.54. The molecular formula is C23H35N5O. The first-order valence-electron chi connectivity index (χ1n) is 11.8. The summed E-state index contributed by atoms with van der Waals surface area (Å²) >= 11 is 0. The van der Waals surface area contributed by atoms with Crippen LogP contribution >= 0.6 is 0 Å². The Balaban J connectivity index is 1.40. The maximum atomic E-state index is 13.1. The summed E-state index contributed by atoms with van der Waals surface area (Å²) in [6.07, 6.45) is 10.7. The minimum Gasteiger partial charge on any atom is -0.356 e. The lowest BCUT2D eigenvalue weighted by molar-refractivity contribution is -0.136. The van der Waals surface area contributed by atoms with Gasteiger partial charge in [0, 0.05) is 30.9 Å². The van der Waals surface area contributed by atoms with Crippen molar-refractivity contribution in [2.75, 3.05) is 44.2 Å². The minimum atomic E-state index is 0.0487. The SMILES string of the molecule is Cc1nc([C@H]2CCCCN2C(=O)CN2CCCC2)nc2c1CCCN2CC1CC1. The van der Waals surface area contributed by atoms with Crippen LogP contribution in [0.1, 0.15) is 74.5 Å². The second kappa shape index (κ2) is 8.21. The van der Waals surface area contributed by atoms with Gasteiger partial charge in [-0.25, -0.2) is 9.97 Å². The molecule has 3 fully saturated rings. The van der Waals surface area contributed by atoms with Crippen LogP contribution in [0.2, 0.25) is 0 Å². The van der Waals surface area contributed by atoms with Crippen molar-refractivity contribution in [1.29, 1.82) is 0 Å². The van der Waals surface area contributed by atoms with Crippen LogP contribution in [-0.4, -0.2) is 64.9 Å². The van der Waals surface area contributed by atoms with Crippen molar-refractivity contribution in [1.82, 2.24) is 19.8 Å². The molecule has 1 amide bonds. The first-order chi connectivity index (χ1) is 14.2. The largest absolute Gasteiger partial charge is 0.356 e. The van der Waals surface area contributed by atoms with Gasteiger partial charge in [-0.2, -0.15) is 0 Å². The van der Waals surface area contributed by atoms with E-state index in [-0.39, 0.29) is 11.9 Å². The average molecular weight is 398 g/mol. The van der Waals surface area contributed by atoms with E-state index in [9.17, 15) is 4.79 Å². The van der Waals surface area contributed by atoms with E-state index in [0.29, 0.717) is 6.54 Å². The molecule has 6 heteroatoms. The van der Waals surface area contributed by atoms with Crippen LogP contribution in [-0.2, 0) is 11.2 Å². The normalized spacial score (nSPS) is 25.3. The Morgan fingerprint density at radius 2 is 1.76 bits per heavy atom. The third kappa shape index (κ3) is 4.14. The molecule has 0 unspecified atom stereocenters. The van der Waals surface area contributed by atoms with Crippen molar-refractivity contribution in [3.05, 3.63) is 17.1 Å². The predicted molar refractivity (Wildman–Crippen MR) is 114 cm³/mol. The first-order valence-corrected chi connectivity index (χ1v) is 11.8. The number of piperidine rings is 1. The molecule has 1 aromatic rings. The van der Waals surface area contributed by atoms with Crippen LogP contribution in [0.5, 0.6) is 0 Å². The zero-order chi connectivity index (χ0) is 19.8. The highest BCUT2D eigenvalue weighted by molar-refractivity contribution is 5.79. The molecule has 0 radical (unpaired) electrons. The monoisotopic (exact) mass is 397 g/mol. The van der Waals surface area contributed by atoms with Crippen LogP contribution in [0.25, 0.3) is 0 Å². The maximum absolute atomic E-state index is 13.1. The molecule has 5 rings (SSSR count). The van der Waals surface area contributed by atoms with Crippen molar-refractivity contribution in [2.24, 2.45) is 5.92 Å². The van der Waals surface area contributed by atoms with E-state index >= 15 is 0 Å². The molecule has 29 heavy (non-hydrogen) atoms. The van der Waals surface area contributed by atoms with Crippen molar-refractivity contribution in [2.45, 2.75) is 70.8 Å². The summed E-state index contributed by atoms with van der Waals surface area (Å²) in [7, 11) is 0. The Kier molecular flexibility index (Phi) is 5.46. The van der Waals surface area contributed by atoms with E-state index in [2.05, 4.69) is 21.6 Å². The van der Waals surface area contributed by atoms with Gasteiger partial charge in [0.15, 0.2) is 5.82 Å². The molecule has 3 aliphatic heterocycles. The molecule has 2 saturated heterocycles. The highest BCUT2D eigenvalue weighted by Gasteiger charge is 2.34. The number of likely N-dealkylation sites (tertiary alicyclic amines) is 2. The number of hydrogen-bond acceptors (Lipinski definition) is 5. The van der Waals surface area contributed by atoms with Gasteiger partial charge in [-0.05, 0) is 83.7 Å². The van der Waals surface area contributed by atoms with Crippen LogP contribution < -0.4 is 4.90 Å². The van der Waals surface area contributed by atoms with E-state index in [1.165, 1.54) is 43.5 Å². The molecule has 1 aromatic heterocycles. The molecule has 158 valence electrons. The lowest BCUT2D eigenvalue weighted by atomic mass is 9.99. The third-order valence-electron chi connectivity index (χ3n) is 7.22. The fraction of sp³-hybridized carbons (Fsp3) is 0.783. The highest BCUT2D eigenvalue weighted by atomic mass is 16.2. The topological polar surface area (TPSA) is 52.6 Å². The van der Waals surface area contributed by atoms with E-state index in [1.54, 1.807) is 0 Å². The molecule has 4 aliphatic rings. The number of nitrogens with zero attached hydrogens (tertiary/aromatic N) is 5. The first kappa shape index (κ1) is 19.3. The lowest BCUT2D eigenvalue weighted by Crippen LogP contribution is -2.44. The number of carbonyl (C=O) groups excluding carboxylic acids is 1. The number of amides is 1. The molecule has 6 nitrogen and oxygen atoms in total. The molecule has 0 N–H and O–H groups in total. The van der Waals surface area contributed by atoms with Crippen LogP contribution in [0.15, 0.2) is 0 Å². The number of carbonyl (C=O) groups is 1. The van der Waals surface area contributed by atoms with Crippen molar-refractivity contribution >= 4 is 11.7 Å². The predicted octanol–water partition coefficient (Wildman–Crippen LogP) is 3.10. The van der Waals surface area contributed by atoms with Crippen LogP contribution in [0.3, 0.4) is 0 Å². The summed E-state index contributed by atoms with van der Waals surface area (Å²) in [5, 5.41) is 0. The average Bonchev–Trinajstić information content (AvgIpc) is 3.41. The molecule has 4 heterocycles. The van der Waals surface area contributed by atoms with Crippen molar-refractivity contribution in [3.63, 3.8) is 0 Å². The standard InChI is InChI=1S/C23H35N5O/c1-17-19-7-6-13-27(15-18-9-10-18)23(19)25-22(24-17)20-8-2-3-14-28(20)21(29)16-26-11-4-5-12-26/h18,20H,2-16H2,1H3/t20-/m1/s1. The summed E-state index contributed by atoms with van der Waals surface area (Å²) < 4.78 is 0. The molecule has 0 spiro atoms. The van der Waals surface area contributed by atoms with Crippen LogP contribution in [0, 0.1) is 12.8 Å². The fourth-order valence-corrected chi connectivity index (χ4v) is 5.37. The van der Waals surface area contributed by atoms with Gasteiger partial charge >= 0.3 is 0 Å². The summed E-state index contributed by atoms with van der Waals surface area (Å²) in [6.45, 7) is 7.94. The lowest BCUT2D eigenvalue weighted by Gasteiger charge is -2.37. The Bertz CT molecular complexity index is 756. The van der Waals surface area contributed by atoms with Gasteiger partial charge in [-0.3, -0.25) is 9.69 Å². The summed E-state index contributed by atoms with van der Waals surface area (Å²) in [6, 6.07) is 0.0487. The van der Waals surface area contributed by atoms with Gasteiger partial charge in [-0.1, -0.05) is 0 Å². The Morgan fingerprint density at radius 1 is 0.966 bits per heavy atom. The Morgan fingerprint density at radius 3 is 2.55 bits per heavy atom.